The summed E-state index contributed by atoms with van der Waals surface area (Å²) in [5.74, 6) is 0.764. The second kappa shape index (κ2) is 7.00. The standard InChI is InChI=1S/C12H19BrClNS/c1-12(2,5-3-6-14)9-15-8-11-10(13)4-7-16-11/h4,7,15H,3,5-6,8-9H2,1-2H3. The van der Waals surface area contributed by atoms with Gasteiger partial charge in [0.05, 0.1) is 0 Å². The van der Waals surface area contributed by atoms with Gasteiger partial charge >= 0.3 is 0 Å². The van der Waals surface area contributed by atoms with Crippen molar-refractivity contribution >= 4 is 38.9 Å². The lowest BCUT2D eigenvalue weighted by Crippen LogP contribution is -2.29. The van der Waals surface area contributed by atoms with Gasteiger partial charge in [0.1, 0.15) is 0 Å². The zero-order chi connectivity index (χ0) is 12.0. The minimum Gasteiger partial charge on any atom is -0.311 e. The van der Waals surface area contributed by atoms with Crippen LogP contribution >= 0.6 is 38.9 Å². The fourth-order valence-corrected chi connectivity index (χ4v) is 3.20. The molecular weight excluding hydrogens is 306 g/mol. The van der Waals surface area contributed by atoms with E-state index in [9.17, 15) is 0 Å². The van der Waals surface area contributed by atoms with Crippen molar-refractivity contribution in [2.24, 2.45) is 5.41 Å². The molecule has 0 amide bonds. The van der Waals surface area contributed by atoms with Crippen LogP contribution in [0.2, 0.25) is 0 Å². The normalized spacial score (nSPS) is 12.0. The van der Waals surface area contributed by atoms with Gasteiger partial charge in [-0.05, 0) is 45.6 Å². The number of alkyl halides is 1. The van der Waals surface area contributed by atoms with E-state index in [1.54, 1.807) is 11.3 Å². The minimum atomic E-state index is 0.332. The molecule has 0 spiro atoms. The maximum Gasteiger partial charge on any atom is 0.0327 e. The Kier molecular flexibility index (Phi) is 6.34. The maximum absolute atomic E-state index is 5.72. The molecule has 1 rings (SSSR count). The molecule has 0 fully saturated rings. The summed E-state index contributed by atoms with van der Waals surface area (Å²) in [4.78, 5) is 1.37. The first kappa shape index (κ1) is 14.5. The van der Waals surface area contributed by atoms with Crippen LogP contribution in [0.25, 0.3) is 0 Å². The predicted molar refractivity (Wildman–Crippen MR) is 77.5 cm³/mol. The average Bonchev–Trinajstić information content (AvgIpc) is 2.62. The van der Waals surface area contributed by atoms with Gasteiger partial charge in [-0.2, -0.15) is 0 Å². The van der Waals surface area contributed by atoms with E-state index in [4.69, 9.17) is 11.6 Å². The Labute approximate surface area is 116 Å². The summed E-state index contributed by atoms with van der Waals surface area (Å²) in [5, 5.41) is 5.63. The van der Waals surface area contributed by atoms with Crippen molar-refractivity contribution in [1.82, 2.24) is 5.32 Å². The zero-order valence-electron chi connectivity index (χ0n) is 9.85. The highest BCUT2D eigenvalue weighted by atomic mass is 79.9. The Balaban J connectivity index is 2.27. The lowest BCUT2D eigenvalue weighted by Gasteiger charge is -2.24. The van der Waals surface area contributed by atoms with Crippen LogP contribution < -0.4 is 5.32 Å². The molecule has 92 valence electrons. The number of nitrogens with one attached hydrogen (secondary N) is 1. The van der Waals surface area contributed by atoms with E-state index < -0.39 is 0 Å². The molecule has 1 aromatic heterocycles. The molecule has 4 heteroatoms. The quantitative estimate of drug-likeness (QED) is 0.720. The van der Waals surface area contributed by atoms with Gasteiger partial charge in [0.15, 0.2) is 0 Å². The lowest BCUT2D eigenvalue weighted by atomic mass is 9.88. The molecule has 0 aliphatic rings. The molecular formula is C12H19BrClNS. The highest BCUT2D eigenvalue weighted by molar-refractivity contribution is 9.10. The predicted octanol–water partition coefficient (Wildman–Crippen LogP) is 4.65. The Hall–Kier alpha value is 0.430. The van der Waals surface area contributed by atoms with Crippen molar-refractivity contribution < 1.29 is 0 Å². The molecule has 0 aromatic carbocycles. The molecule has 1 aromatic rings. The molecule has 1 N–H and O–H groups in total. The maximum atomic E-state index is 5.72. The molecule has 0 saturated carbocycles. The topological polar surface area (TPSA) is 12.0 Å². The highest BCUT2D eigenvalue weighted by Crippen LogP contribution is 2.24. The summed E-state index contributed by atoms with van der Waals surface area (Å²) in [7, 11) is 0. The molecule has 0 bridgehead atoms. The van der Waals surface area contributed by atoms with Crippen LogP contribution in [0.15, 0.2) is 15.9 Å². The fourth-order valence-electron chi connectivity index (χ4n) is 1.60. The molecule has 0 radical (unpaired) electrons. The van der Waals surface area contributed by atoms with E-state index in [1.165, 1.54) is 15.8 Å². The Morgan fingerprint density at radius 2 is 2.25 bits per heavy atom. The summed E-state index contributed by atoms with van der Waals surface area (Å²) in [6.45, 7) is 6.56. The van der Waals surface area contributed by atoms with Gasteiger partial charge in [-0.25, -0.2) is 0 Å². The lowest BCUT2D eigenvalue weighted by molar-refractivity contribution is 0.311. The van der Waals surface area contributed by atoms with E-state index >= 15 is 0 Å². The van der Waals surface area contributed by atoms with Crippen LogP contribution in [0.5, 0.6) is 0 Å². The van der Waals surface area contributed by atoms with Crippen molar-refractivity contribution in [3.63, 3.8) is 0 Å². The van der Waals surface area contributed by atoms with Gasteiger partial charge in [-0.3, -0.25) is 0 Å². The van der Waals surface area contributed by atoms with Gasteiger partial charge in [0.25, 0.3) is 0 Å². The molecule has 0 saturated heterocycles. The van der Waals surface area contributed by atoms with Gasteiger partial charge in [0, 0.05) is 28.3 Å². The zero-order valence-corrected chi connectivity index (χ0v) is 13.0. The van der Waals surface area contributed by atoms with Crippen LogP contribution in [0.1, 0.15) is 31.6 Å². The van der Waals surface area contributed by atoms with Crippen molar-refractivity contribution in [1.29, 1.82) is 0 Å². The molecule has 16 heavy (non-hydrogen) atoms. The second-order valence-corrected chi connectivity index (χ2v) is 6.98. The first-order chi connectivity index (χ1) is 7.55. The molecule has 0 aliphatic carbocycles. The average molecular weight is 325 g/mol. The smallest absolute Gasteiger partial charge is 0.0327 e. The van der Waals surface area contributed by atoms with Crippen LogP contribution in [-0.2, 0) is 6.54 Å². The number of rotatable bonds is 7. The Morgan fingerprint density at radius 3 is 2.81 bits per heavy atom. The molecule has 0 atom stereocenters. The first-order valence-electron chi connectivity index (χ1n) is 5.54. The fraction of sp³-hybridized carbons (Fsp3) is 0.667. The number of thiophene rings is 1. The third kappa shape index (κ3) is 5.17. The monoisotopic (exact) mass is 323 g/mol. The number of halogens is 2. The SMILES string of the molecule is CC(C)(CCCCl)CNCc1sccc1Br. The third-order valence-electron chi connectivity index (χ3n) is 2.57. The summed E-state index contributed by atoms with van der Waals surface area (Å²) in [6.07, 6.45) is 2.27. The van der Waals surface area contributed by atoms with Crippen LogP contribution in [0, 0.1) is 5.41 Å². The van der Waals surface area contributed by atoms with Crippen LogP contribution in [-0.4, -0.2) is 12.4 Å². The number of hydrogen-bond acceptors (Lipinski definition) is 2. The summed E-state index contributed by atoms with van der Waals surface area (Å²) < 4.78 is 1.21. The Bertz CT molecular complexity index is 312. The van der Waals surface area contributed by atoms with Crippen molar-refractivity contribution in [2.75, 3.05) is 12.4 Å². The largest absolute Gasteiger partial charge is 0.311 e. The number of hydrogen-bond donors (Lipinski definition) is 1. The summed E-state index contributed by atoms with van der Waals surface area (Å²) >= 11 is 11.0. The van der Waals surface area contributed by atoms with Crippen molar-refractivity contribution in [3.05, 3.63) is 20.8 Å². The van der Waals surface area contributed by atoms with Crippen LogP contribution in [0.4, 0.5) is 0 Å². The third-order valence-corrected chi connectivity index (χ3v) is 4.76. The Morgan fingerprint density at radius 1 is 1.50 bits per heavy atom. The van der Waals surface area contributed by atoms with Crippen molar-refractivity contribution in [2.45, 2.75) is 33.2 Å². The van der Waals surface area contributed by atoms with Gasteiger partial charge < -0.3 is 5.32 Å². The van der Waals surface area contributed by atoms with E-state index in [0.717, 1.165) is 25.4 Å². The van der Waals surface area contributed by atoms with E-state index in [2.05, 4.69) is 46.5 Å². The van der Waals surface area contributed by atoms with Crippen molar-refractivity contribution in [3.8, 4) is 0 Å². The summed E-state index contributed by atoms with van der Waals surface area (Å²) in [6, 6.07) is 2.10. The molecule has 0 unspecified atom stereocenters. The highest BCUT2D eigenvalue weighted by Gasteiger charge is 2.16. The van der Waals surface area contributed by atoms with E-state index in [-0.39, 0.29) is 0 Å². The van der Waals surface area contributed by atoms with Gasteiger partial charge in [0.2, 0.25) is 0 Å². The molecule has 0 aliphatic heterocycles. The van der Waals surface area contributed by atoms with Gasteiger partial charge in [-0.15, -0.1) is 22.9 Å². The summed E-state index contributed by atoms with van der Waals surface area (Å²) in [5.41, 5.74) is 0.332. The molecule has 1 heterocycles. The van der Waals surface area contributed by atoms with E-state index in [1.807, 2.05) is 0 Å². The minimum absolute atomic E-state index is 0.332. The van der Waals surface area contributed by atoms with E-state index in [0.29, 0.717) is 5.41 Å². The molecule has 1 nitrogen and oxygen atoms in total. The van der Waals surface area contributed by atoms with Crippen LogP contribution in [0.3, 0.4) is 0 Å². The van der Waals surface area contributed by atoms with Gasteiger partial charge in [-0.1, -0.05) is 13.8 Å². The second-order valence-electron chi connectivity index (χ2n) is 4.75. The first-order valence-corrected chi connectivity index (χ1v) is 7.74.